The van der Waals surface area contributed by atoms with Crippen molar-refractivity contribution >= 4 is 10.2 Å². The predicted molar refractivity (Wildman–Crippen MR) is 79.2 cm³/mol. The zero-order valence-electron chi connectivity index (χ0n) is 12.6. The zero-order chi connectivity index (χ0) is 14.5. The van der Waals surface area contributed by atoms with Gasteiger partial charge in [-0.2, -0.15) is 17.4 Å². The second-order valence-electron chi connectivity index (χ2n) is 5.62. The summed E-state index contributed by atoms with van der Waals surface area (Å²) in [5.74, 6) is 0.349. The first-order valence-corrected chi connectivity index (χ1v) is 8.80. The van der Waals surface area contributed by atoms with Gasteiger partial charge in [0.1, 0.15) is 0 Å². The number of rotatable bonds is 7. The fourth-order valence-electron chi connectivity index (χ4n) is 2.50. The largest absolute Gasteiger partial charge is 0.318 e. The van der Waals surface area contributed by atoms with Gasteiger partial charge in [-0.15, -0.1) is 0 Å². The number of likely N-dealkylation sites (N-methyl/N-ethyl adjacent to an activating group) is 1. The van der Waals surface area contributed by atoms with Crippen molar-refractivity contribution in [2.75, 3.05) is 20.1 Å². The molecule has 1 aliphatic rings. The Kier molecular flexibility index (Phi) is 6.73. The topological polar surface area (TPSA) is 61.4 Å². The molecule has 0 aromatic rings. The van der Waals surface area contributed by atoms with E-state index in [4.69, 9.17) is 0 Å². The van der Waals surface area contributed by atoms with Gasteiger partial charge in [-0.25, -0.2) is 0 Å². The molecule has 0 spiro atoms. The lowest BCUT2D eigenvalue weighted by molar-refractivity contribution is 0.243. The summed E-state index contributed by atoms with van der Waals surface area (Å²) in [5.41, 5.74) is 0. The highest BCUT2D eigenvalue weighted by Gasteiger charge is 2.33. The molecule has 5 nitrogen and oxygen atoms in total. The minimum atomic E-state index is -3.37. The molecule has 1 heterocycles. The maximum absolute atomic E-state index is 12.5. The van der Waals surface area contributed by atoms with Crippen LogP contribution in [0.25, 0.3) is 0 Å². The number of hydrogen-bond donors (Lipinski definition) is 2. The summed E-state index contributed by atoms with van der Waals surface area (Å²) in [6, 6.07) is 0.0625. The van der Waals surface area contributed by atoms with Crippen LogP contribution in [-0.2, 0) is 10.2 Å². The summed E-state index contributed by atoms with van der Waals surface area (Å²) in [7, 11) is -1.50. The van der Waals surface area contributed by atoms with Crippen molar-refractivity contribution in [3.8, 4) is 0 Å². The molecule has 0 aromatic heterocycles. The van der Waals surface area contributed by atoms with Gasteiger partial charge in [0, 0.05) is 25.2 Å². The van der Waals surface area contributed by atoms with E-state index in [9.17, 15) is 8.42 Å². The standard InChI is InChI=1S/C13H29N3O2S/c1-5-11(2)12(3)15-19(17,18)16-9-7-6-8-13(16)10-14-4/h11-15H,5-10H2,1-4H3. The van der Waals surface area contributed by atoms with Gasteiger partial charge in [-0.05, 0) is 32.7 Å². The Bertz CT molecular complexity index is 357. The number of nitrogens with zero attached hydrogens (tertiary/aromatic N) is 1. The first kappa shape index (κ1) is 16.9. The highest BCUT2D eigenvalue weighted by Crippen LogP contribution is 2.20. The van der Waals surface area contributed by atoms with Crippen LogP contribution in [0, 0.1) is 5.92 Å². The molecule has 1 aliphatic heterocycles. The van der Waals surface area contributed by atoms with Crippen molar-refractivity contribution in [2.24, 2.45) is 5.92 Å². The van der Waals surface area contributed by atoms with Crippen LogP contribution in [0.15, 0.2) is 0 Å². The van der Waals surface area contributed by atoms with E-state index < -0.39 is 10.2 Å². The molecular weight excluding hydrogens is 262 g/mol. The van der Waals surface area contributed by atoms with Crippen LogP contribution in [-0.4, -0.2) is 44.9 Å². The molecule has 0 aromatic carbocycles. The summed E-state index contributed by atoms with van der Waals surface area (Å²) in [5, 5.41) is 3.09. The first-order chi connectivity index (χ1) is 8.92. The Morgan fingerprint density at radius 1 is 1.32 bits per heavy atom. The average molecular weight is 291 g/mol. The molecule has 3 unspecified atom stereocenters. The third-order valence-electron chi connectivity index (χ3n) is 4.15. The van der Waals surface area contributed by atoms with Crippen molar-refractivity contribution in [3.63, 3.8) is 0 Å². The number of nitrogens with one attached hydrogen (secondary N) is 2. The summed E-state index contributed by atoms with van der Waals surface area (Å²) >= 11 is 0. The van der Waals surface area contributed by atoms with Crippen LogP contribution < -0.4 is 10.0 Å². The maximum atomic E-state index is 12.5. The lowest BCUT2D eigenvalue weighted by Crippen LogP contribution is -2.54. The third kappa shape index (κ3) is 4.70. The Morgan fingerprint density at radius 3 is 2.58 bits per heavy atom. The Balaban J connectivity index is 2.73. The van der Waals surface area contributed by atoms with E-state index in [1.165, 1.54) is 0 Å². The Hall–Kier alpha value is -0.170. The molecule has 0 saturated carbocycles. The SMILES string of the molecule is CCC(C)C(C)NS(=O)(=O)N1CCCCC1CNC. The minimum absolute atomic E-state index is 0.0211. The van der Waals surface area contributed by atoms with Crippen LogP contribution in [0.4, 0.5) is 0 Å². The summed E-state index contributed by atoms with van der Waals surface area (Å²) < 4.78 is 29.5. The molecule has 0 bridgehead atoms. The Morgan fingerprint density at radius 2 is 2.00 bits per heavy atom. The van der Waals surface area contributed by atoms with Gasteiger partial charge in [-0.1, -0.05) is 26.7 Å². The molecular formula is C13H29N3O2S. The van der Waals surface area contributed by atoms with Crippen molar-refractivity contribution < 1.29 is 8.42 Å². The monoisotopic (exact) mass is 291 g/mol. The number of piperidine rings is 1. The molecule has 1 rings (SSSR count). The molecule has 114 valence electrons. The van der Waals surface area contributed by atoms with Gasteiger partial charge >= 0.3 is 0 Å². The summed E-state index contributed by atoms with van der Waals surface area (Å²) in [6.07, 6.45) is 3.99. The van der Waals surface area contributed by atoms with Gasteiger partial charge in [-0.3, -0.25) is 0 Å². The summed E-state index contributed by atoms with van der Waals surface area (Å²) in [6.45, 7) is 7.46. The third-order valence-corrected chi connectivity index (χ3v) is 5.92. The number of hydrogen-bond acceptors (Lipinski definition) is 3. The molecule has 0 radical (unpaired) electrons. The Labute approximate surface area is 118 Å². The van der Waals surface area contributed by atoms with Crippen molar-refractivity contribution in [1.29, 1.82) is 0 Å². The lowest BCUT2D eigenvalue weighted by Gasteiger charge is -2.35. The molecule has 6 heteroatoms. The van der Waals surface area contributed by atoms with E-state index in [2.05, 4.69) is 23.9 Å². The molecule has 3 atom stereocenters. The van der Waals surface area contributed by atoms with Gasteiger partial charge in [0.2, 0.25) is 0 Å². The van der Waals surface area contributed by atoms with Crippen LogP contribution in [0.1, 0.15) is 46.5 Å². The van der Waals surface area contributed by atoms with E-state index in [0.29, 0.717) is 12.5 Å². The molecule has 1 saturated heterocycles. The fraction of sp³-hybridized carbons (Fsp3) is 1.00. The summed E-state index contributed by atoms with van der Waals surface area (Å²) in [4.78, 5) is 0. The molecule has 0 aliphatic carbocycles. The lowest BCUT2D eigenvalue weighted by atomic mass is 10.0. The quantitative estimate of drug-likeness (QED) is 0.744. The van der Waals surface area contributed by atoms with Crippen molar-refractivity contribution in [1.82, 2.24) is 14.3 Å². The van der Waals surface area contributed by atoms with Crippen molar-refractivity contribution in [2.45, 2.75) is 58.5 Å². The fourth-order valence-corrected chi connectivity index (χ4v) is 4.28. The second-order valence-corrected chi connectivity index (χ2v) is 7.27. The van der Waals surface area contributed by atoms with Crippen LogP contribution in [0.3, 0.4) is 0 Å². The van der Waals surface area contributed by atoms with E-state index >= 15 is 0 Å². The maximum Gasteiger partial charge on any atom is 0.279 e. The normalized spacial score (nSPS) is 25.2. The van der Waals surface area contributed by atoms with E-state index in [-0.39, 0.29) is 12.1 Å². The minimum Gasteiger partial charge on any atom is -0.318 e. The highest BCUT2D eigenvalue weighted by atomic mass is 32.2. The molecule has 19 heavy (non-hydrogen) atoms. The van der Waals surface area contributed by atoms with Crippen LogP contribution >= 0.6 is 0 Å². The van der Waals surface area contributed by atoms with Crippen LogP contribution in [0.5, 0.6) is 0 Å². The molecule has 1 fully saturated rings. The first-order valence-electron chi connectivity index (χ1n) is 7.36. The van der Waals surface area contributed by atoms with E-state index in [0.717, 1.165) is 32.2 Å². The predicted octanol–water partition coefficient (Wildman–Crippen LogP) is 1.33. The van der Waals surface area contributed by atoms with Gasteiger partial charge in [0.15, 0.2) is 0 Å². The zero-order valence-corrected chi connectivity index (χ0v) is 13.5. The average Bonchev–Trinajstić information content (AvgIpc) is 2.38. The molecule has 2 N–H and O–H groups in total. The van der Waals surface area contributed by atoms with Gasteiger partial charge < -0.3 is 5.32 Å². The van der Waals surface area contributed by atoms with E-state index in [1.807, 2.05) is 14.0 Å². The highest BCUT2D eigenvalue weighted by molar-refractivity contribution is 7.87. The van der Waals surface area contributed by atoms with Crippen molar-refractivity contribution in [3.05, 3.63) is 0 Å². The van der Waals surface area contributed by atoms with Gasteiger partial charge in [0.25, 0.3) is 10.2 Å². The van der Waals surface area contributed by atoms with Crippen LogP contribution in [0.2, 0.25) is 0 Å². The molecule has 0 amide bonds. The smallest absolute Gasteiger partial charge is 0.279 e. The van der Waals surface area contributed by atoms with E-state index in [1.54, 1.807) is 4.31 Å². The second kappa shape index (κ2) is 7.57. The van der Waals surface area contributed by atoms with Gasteiger partial charge in [0.05, 0.1) is 0 Å².